The van der Waals surface area contributed by atoms with Crippen LogP contribution in [-0.4, -0.2) is 77.0 Å². The summed E-state index contributed by atoms with van der Waals surface area (Å²) in [5.41, 5.74) is 0.344. The molecule has 3 rings (SSSR count). The highest BCUT2D eigenvalue weighted by molar-refractivity contribution is 5.74. The molecule has 2 aliphatic rings. The molecule has 0 radical (unpaired) electrons. The van der Waals surface area contributed by atoms with E-state index in [4.69, 9.17) is 0 Å². The first-order valence-electron chi connectivity index (χ1n) is 10.2. The van der Waals surface area contributed by atoms with Crippen LogP contribution in [-0.2, 0) is 6.42 Å². The molecule has 0 bridgehead atoms. The predicted octanol–water partition coefficient (Wildman–Crippen LogP) is 1.61. The minimum atomic E-state index is -1.03. The molecular weight excluding hydrogens is 342 g/mol. The Kier molecular flexibility index (Phi) is 7.10. The molecule has 150 valence electrons. The summed E-state index contributed by atoms with van der Waals surface area (Å²) >= 11 is 0. The number of carbonyl (C=O) groups excluding carboxylic acids is 1. The fourth-order valence-corrected chi connectivity index (χ4v) is 4.04. The highest BCUT2D eigenvalue weighted by atomic mass is 16.3. The SMILES string of the molecule is O=C(NC1CCN(CCc2ccccc2)CC1)N1CCCC(O)(CO)CC1. The smallest absolute Gasteiger partial charge is 0.317 e. The number of likely N-dealkylation sites (tertiary alicyclic amines) is 2. The van der Waals surface area contributed by atoms with Gasteiger partial charge in [-0.3, -0.25) is 0 Å². The van der Waals surface area contributed by atoms with E-state index in [1.54, 1.807) is 4.90 Å². The molecule has 3 N–H and O–H groups in total. The fraction of sp³-hybridized carbons (Fsp3) is 0.667. The molecule has 6 heteroatoms. The second-order valence-corrected chi connectivity index (χ2v) is 8.02. The standard InChI is InChI=1S/C21H33N3O3/c25-17-21(27)10-4-12-24(16-11-21)20(26)22-19-8-14-23(15-9-19)13-7-18-5-2-1-3-6-18/h1-3,5-6,19,25,27H,4,7-17H2,(H,22,26). The lowest BCUT2D eigenvalue weighted by atomic mass is 9.96. The number of carbonyl (C=O) groups is 1. The van der Waals surface area contributed by atoms with Gasteiger partial charge >= 0.3 is 6.03 Å². The van der Waals surface area contributed by atoms with Crippen molar-refractivity contribution in [1.82, 2.24) is 15.1 Å². The fourth-order valence-electron chi connectivity index (χ4n) is 4.04. The highest BCUT2D eigenvalue weighted by Gasteiger charge is 2.31. The van der Waals surface area contributed by atoms with Crippen molar-refractivity contribution in [2.24, 2.45) is 0 Å². The zero-order valence-corrected chi connectivity index (χ0v) is 16.1. The second kappa shape index (κ2) is 9.53. The summed E-state index contributed by atoms with van der Waals surface area (Å²) in [6, 6.07) is 10.8. The van der Waals surface area contributed by atoms with E-state index in [1.807, 2.05) is 6.07 Å². The number of piperidine rings is 1. The van der Waals surface area contributed by atoms with Crippen molar-refractivity contribution >= 4 is 6.03 Å². The largest absolute Gasteiger partial charge is 0.393 e. The van der Waals surface area contributed by atoms with Crippen LogP contribution in [0.5, 0.6) is 0 Å². The first-order chi connectivity index (χ1) is 13.1. The molecule has 6 nitrogen and oxygen atoms in total. The number of aliphatic hydroxyl groups excluding tert-OH is 1. The predicted molar refractivity (Wildman–Crippen MR) is 106 cm³/mol. The normalized spacial score (nSPS) is 25.2. The van der Waals surface area contributed by atoms with E-state index in [0.717, 1.165) is 45.3 Å². The zero-order valence-electron chi connectivity index (χ0n) is 16.1. The number of rotatable bonds is 5. The summed E-state index contributed by atoms with van der Waals surface area (Å²) in [6.07, 6.45) is 4.74. The van der Waals surface area contributed by atoms with Gasteiger partial charge in [-0.05, 0) is 44.1 Å². The van der Waals surface area contributed by atoms with Gasteiger partial charge in [-0.1, -0.05) is 30.3 Å². The molecule has 2 heterocycles. The average Bonchev–Trinajstić information content (AvgIpc) is 2.91. The molecule has 0 aromatic heterocycles. The van der Waals surface area contributed by atoms with Crippen LogP contribution in [0.3, 0.4) is 0 Å². The van der Waals surface area contributed by atoms with E-state index in [2.05, 4.69) is 34.5 Å². The lowest BCUT2D eigenvalue weighted by Gasteiger charge is -2.33. The zero-order chi connectivity index (χ0) is 19.1. The molecule has 2 fully saturated rings. The number of aliphatic hydroxyl groups is 2. The first kappa shape index (κ1) is 20.1. The van der Waals surface area contributed by atoms with E-state index in [1.165, 1.54) is 5.56 Å². The third kappa shape index (κ3) is 5.92. The van der Waals surface area contributed by atoms with Crippen molar-refractivity contribution in [2.45, 2.75) is 50.2 Å². The molecule has 1 aromatic carbocycles. The Morgan fingerprint density at radius 3 is 2.56 bits per heavy atom. The summed E-state index contributed by atoms with van der Waals surface area (Å²) in [7, 11) is 0. The number of hydrogen-bond donors (Lipinski definition) is 3. The van der Waals surface area contributed by atoms with Gasteiger partial charge < -0.3 is 25.3 Å². The number of amides is 2. The first-order valence-corrected chi connectivity index (χ1v) is 10.2. The molecular formula is C21H33N3O3. The van der Waals surface area contributed by atoms with Gasteiger partial charge in [-0.25, -0.2) is 4.79 Å². The van der Waals surface area contributed by atoms with Crippen LogP contribution in [0.25, 0.3) is 0 Å². The molecule has 27 heavy (non-hydrogen) atoms. The summed E-state index contributed by atoms with van der Waals surface area (Å²) in [4.78, 5) is 16.8. The summed E-state index contributed by atoms with van der Waals surface area (Å²) < 4.78 is 0. The maximum absolute atomic E-state index is 12.6. The van der Waals surface area contributed by atoms with Crippen LogP contribution in [0, 0.1) is 0 Å². The highest BCUT2D eigenvalue weighted by Crippen LogP contribution is 2.22. The van der Waals surface area contributed by atoms with E-state index < -0.39 is 5.60 Å². The molecule has 0 spiro atoms. The van der Waals surface area contributed by atoms with Gasteiger partial charge in [0.15, 0.2) is 0 Å². The Bertz CT molecular complexity index is 590. The Hall–Kier alpha value is -1.63. The van der Waals surface area contributed by atoms with Crippen molar-refractivity contribution in [2.75, 3.05) is 39.3 Å². The Morgan fingerprint density at radius 2 is 1.85 bits per heavy atom. The molecule has 1 unspecified atom stereocenters. The van der Waals surface area contributed by atoms with Crippen molar-refractivity contribution in [3.05, 3.63) is 35.9 Å². The molecule has 0 aliphatic carbocycles. The van der Waals surface area contributed by atoms with E-state index in [0.29, 0.717) is 25.9 Å². The van der Waals surface area contributed by atoms with Gasteiger partial charge in [0.1, 0.15) is 0 Å². The van der Waals surface area contributed by atoms with Crippen molar-refractivity contribution in [3.63, 3.8) is 0 Å². The van der Waals surface area contributed by atoms with Gasteiger partial charge in [0.25, 0.3) is 0 Å². The number of urea groups is 1. The molecule has 1 atom stereocenters. The van der Waals surface area contributed by atoms with Crippen molar-refractivity contribution in [1.29, 1.82) is 0 Å². The number of nitrogens with zero attached hydrogens (tertiary/aromatic N) is 2. The number of hydrogen-bond acceptors (Lipinski definition) is 4. The Morgan fingerprint density at radius 1 is 1.11 bits per heavy atom. The van der Waals surface area contributed by atoms with Crippen LogP contribution in [0.4, 0.5) is 4.79 Å². The van der Waals surface area contributed by atoms with Gasteiger partial charge in [0, 0.05) is 38.8 Å². The maximum atomic E-state index is 12.6. The summed E-state index contributed by atoms with van der Waals surface area (Å²) in [6.45, 7) is 4.01. The lowest BCUT2D eigenvalue weighted by molar-refractivity contribution is -0.0248. The molecule has 1 aromatic rings. The van der Waals surface area contributed by atoms with Crippen LogP contribution >= 0.6 is 0 Å². The maximum Gasteiger partial charge on any atom is 0.317 e. The molecule has 0 saturated carbocycles. The van der Waals surface area contributed by atoms with Gasteiger partial charge in [0.2, 0.25) is 0 Å². The molecule has 2 aliphatic heterocycles. The minimum absolute atomic E-state index is 0.0278. The molecule has 2 saturated heterocycles. The number of nitrogens with one attached hydrogen (secondary N) is 1. The van der Waals surface area contributed by atoms with Crippen molar-refractivity contribution < 1.29 is 15.0 Å². The summed E-state index contributed by atoms with van der Waals surface area (Å²) in [5.74, 6) is 0. The van der Waals surface area contributed by atoms with E-state index >= 15 is 0 Å². The quantitative estimate of drug-likeness (QED) is 0.731. The minimum Gasteiger partial charge on any atom is -0.393 e. The van der Waals surface area contributed by atoms with Crippen LogP contribution < -0.4 is 5.32 Å². The third-order valence-electron chi connectivity index (χ3n) is 5.97. The van der Waals surface area contributed by atoms with Crippen molar-refractivity contribution in [3.8, 4) is 0 Å². The summed E-state index contributed by atoms with van der Waals surface area (Å²) in [5, 5.41) is 22.7. The van der Waals surface area contributed by atoms with Gasteiger partial charge in [-0.15, -0.1) is 0 Å². The van der Waals surface area contributed by atoms with Gasteiger partial charge in [0.05, 0.1) is 12.2 Å². The average molecular weight is 376 g/mol. The van der Waals surface area contributed by atoms with E-state index in [9.17, 15) is 15.0 Å². The molecule has 2 amide bonds. The third-order valence-corrected chi connectivity index (χ3v) is 5.97. The Labute approximate surface area is 162 Å². The van der Waals surface area contributed by atoms with Crippen LogP contribution in [0.1, 0.15) is 37.7 Å². The second-order valence-electron chi connectivity index (χ2n) is 8.02. The van der Waals surface area contributed by atoms with E-state index in [-0.39, 0.29) is 18.7 Å². The van der Waals surface area contributed by atoms with Crippen LogP contribution in [0.2, 0.25) is 0 Å². The topological polar surface area (TPSA) is 76.0 Å². The Balaban J connectivity index is 1.38. The van der Waals surface area contributed by atoms with Gasteiger partial charge in [-0.2, -0.15) is 0 Å². The lowest BCUT2D eigenvalue weighted by Crippen LogP contribution is -2.50. The number of benzene rings is 1. The monoisotopic (exact) mass is 375 g/mol. The van der Waals surface area contributed by atoms with Crippen LogP contribution in [0.15, 0.2) is 30.3 Å².